The van der Waals surface area contributed by atoms with E-state index in [-0.39, 0.29) is 24.1 Å². The van der Waals surface area contributed by atoms with Crippen LogP contribution in [0.4, 0.5) is 4.79 Å². The van der Waals surface area contributed by atoms with Crippen LogP contribution in [0.5, 0.6) is 0 Å². The summed E-state index contributed by atoms with van der Waals surface area (Å²) in [5.74, 6) is -0.284. The van der Waals surface area contributed by atoms with Crippen LogP contribution in [0.25, 0.3) is 0 Å². The third-order valence-electron chi connectivity index (χ3n) is 3.26. The highest BCUT2D eigenvalue weighted by molar-refractivity contribution is 5.75. The lowest BCUT2D eigenvalue weighted by molar-refractivity contribution is -0.147. The van der Waals surface area contributed by atoms with Gasteiger partial charge in [-0.25, -0.2) is 4.79 Å². The number of methoxy groups -OCH3 is 1. The van der Waals surface area contributed by atoms with E-state index >= 15 is 0 Å². The Morgan fingerprint density at radius 3 is 2.12 bits per heavy atom. The van der Waals surface area contributed by atoms with E-state index in [4.69, 9.17) is 9.84 Å². The first-order valence-electron chi connectivity index (χ1n) is 5.71. The summed E-state index contributed by atoms with van der Waals surface area (Å²) in [5.41, 5.74) is 0. The van der Waals surface area contributed by atoms with Gasteiger partial charge in [-0.05, 0) is 20.8 Å². The predicted molar refractivity (Wildman–Crippen MR) is 61.8 cm³/mol. The zero-order chi connectivity index (χ0) is 13.2. The molecule has 0 bridgehead atoms. The van der Waals surface area contributed by atoms with Gasteiger partial charge in [0.2, 0.25) is 0 Å². The molecule has 0 aromatic rings. The molecule has 3 atom stereocenters. The molecule has 1 heterocycles. The molecule has 1 aliphatic heterocycles. The Bertz CT molecular complexity index is 296. The summed E-state index contributed by atoms with van der Waals surface area (Å²) < 4.78 is 4.70. The van der Waals surface area contributed by atoms with E-state index in [0.717, 1.165) is 0 Å². The quantitative estimate of drug-likeness (QED) is 0.721. The van der Waals surface area contributed by atoms with Crippen LogP contribution in [0.1, 0.15) is 20.8 Å². The summed E-state index contributed by atoms with van der Waals surface area (Å²) in [6, 6.07) is -0.576. The zero-order valence-electron chi connectivity index (χ0n) is 10.7. The van der Waals surface area contributed by atoms with Crippen molar-refractivity contribution in [1.82, 2.24) is 9.80 Å². The minimum Gasteiger partial charge on any atom is -0.468 e. The van der Waals surface area contributed by atoms with Gasteiger partial charge < -0.3 is 14.7 Å². The van der Waals surface area contributed by atoms with Crippen molar-refractivity contribution in [3.8, 4) is 0 Å². The lowest BCUT2D eigenvalue weighted by Gasteiger charge is -2.44. The Labute approximate surface area is 101 Å². The van der Waals surface area contributed by atoms with E-state index < -0.39 is 6.09 Å². The standard InChI is InChI=1S/C11H20N2O4/c1-7-5-12(9(3)10(14)17-4)6-8(2)13(7)11(15)16/h7-9H,5-6H2,1-4H3,(H,15,16)/t7?,8?,9-/m0/s1. The maximum Gasteiger partial charge on any atom is 0.407 e. The van der Waals surface area contributed by atoms with Gasteiger partial charge in [0.15, 0.2) is 0 Å². The number of carboxylic acid groups (broad SMARTS) is 1. The number of esters is 1. The molecule has 17 heavy (non-hydrogen) atoms. The number of rotatable bonds is 2. The van der Waals surface area contributed by atoms with Gasteiger partial charge in [-0.1, -0.05) is 0 Å². The maximum atomic E-state index is 11.4. The van der Waals surface area contributed by atoms with Crippen molar-refractivity contribution in [3.63, 3.8) is 0 Å². The Hall–Kier alpha value is -1.30. The predicted octanol–water partition coefficient (Wildman–Crippen LogP) is 0.621. The summed E-state index contributed by atoms with van der Waals surface area (Å²) in [5, 5.41) is 9.08. The van der Waals surface area contributed by atoms with Crippen LogP contribution in [0.3, 0.4) is 0 Å². The second-order valence-corrected chi connectivity index (χ2v) is 4.54. The molecule has 6 nitrogen and oxygen atoms in total. The first-order valence-corrected chi connectivity index (χ1v) is 5.71. The number of carbonyl (C=O) groups excluding carboxylic acids is 1. The molecule has 1 saturated heterocycles. The molecule has 0 radical (unpaired) electrons. The SMILES string of the molecule is COC(=O)[C@H](C)N1CC(C)N(C(=O)O)C(C)C1. The fourth-order valence-electron chi connectivity index (χ4n) is 2.38. The van der Waals surface area contributed by atoms with Crippen LogP contribution in [0, 0.1) is 0 Å². The van der Waals surface area contributed by atoms with E-state index in [1.54, 1.807) is 6.92 Å². The number of carbonyl (C=O) groups is 2. The molecule has 0 aliphatic carbocycles. The highest BCUT2D eigenvalue weighted by Crippen LogP contribution is 2.18. The van der Waals surface area contributed by atoms with Crippen molar-refractivity contribution in [3.05, 3.63) is 0 Å². The van der Waals surface area contributed by atoms with E-state index in [2.05, 4.69) is 0 Å². The second-order valence-electron chi connectivity index (χ2n) is 4.54. The molecule has 1 aliphatic rings. The van der Waals surface area contributed by atoms with Crippen molar-refractivity contribution >= 4 is 12.1 Å². The number of amides is 1. The highest BCUT2D eigenvalue weighted by atomic mass is 16.5. The molecule has 0 aromatic heterocycles. The summed E-state index contributed by atoms with van der Waals surface area (Å²) in [6.45, 7) is 6.57. The fraction of sp³-hybridized carbons (Fsp3) is 0.818. The molecule has 2 unspecified atom stereocenters. The number of hydrogen-bond acceptors (Lipinski definition) is 4. The molecule has 1 amide bonds. The normalized spacial score (nSPS) is 27.6. The number of nitrogens with zero attached hydrogens (tertiary/aromatic N) is 2. The molecule has 0 aromatic carbocycles. The van der Waals surface area contributed by atoms with Gasteiger partial charge in [-0.2, -0.15) is 0 Å². The van der Waals surface area contributed by atoms with E-state index in [9.17, 15) is 9.59 Å². The van der Waals surface area contributed by atoms with Crippen LogP contribution in [-0.4, -0.2) is 65.3 Å². The minimum absolute atomic E-state index is 0.122. The van der Waals surface area contributed by atoms with Crippen molar-refractivity contribution in [2.24, 2.45) is 0 Å². The lowest BCUT2D eigenvalue weighted by Crippen LogP contribution is -2.61. The third kappa shape index (κ3) is 2.88. The summed E-state index contributed by atoms with van der Waals surface area (Å²) >= 11 is 0. The van der Waals surface area contributed by atoms with E-state index in [1.165, 1.54) is 12.0 Å². The molecular weight excluding hydrogens is 224 g/mol. The largest absolute Gasteiger partial charge is 0.468 e. The smallest absolute Gasteiger partial charge is 0.407 e. The average Bonchev–Trinajstić information content (AvgIpc) is 2.25. The van der Waals surface area contributed by atoms with Crippen LogP contribution >= 0.6 is 0 Å². The van der Waals surface area contributed by atoms with E-state index in [1.807, 2.05) is 18.7 Å². The van der Waals surface area contributed by atoms with Crippen molar-refractivity contribution < 1.29 is 19.4 Å². The molecular formula is C11H20N2O4. The van der Waals surface area contributed by atoms with Crippen LogP contribution < -0.4 is 0 Å². The first-order chi connectivity index (χ1) is 7.88. The van der Waals surface area contributed by atoms with Crippen molar-refractivity contribution in [1.29, 1.82) is 0 Å². The summed E-state index contributed by atoms with van der Waals surface area (Å²) in [4.78, 5) is 25.9. The molecule has 6 heteroatoms. The van der Waals surface area contributed by atoms with Gasteiger partial charge in [0.25, 0.3) is 0 Å². The maximum absolute atomic E-state index is 11.4. The Morgan fingerprint density at radius 1 is 1.29 bits per heavy atom. The Kier molecular flexibility index (Phi) is 4.34. The lowest BCUT2D eigenvalue weighted by atomic mass is 10.1. The molecule has 1 N–H and O–H groups in total. The number of ether oxygens (including phenoxy) is 1. The fourth-order valence-corrected chi connectivity index (χ4v) is 2.38. The zero-order valence-corrected chi connectivity index (χ0v) is 10.7. The van der Waals surface area contributed by atoms with Gasteiger partial charge in [-0.15, -0.1) is 0 Å². The van der Waals surface area contributed by atoms with E-state index in [0.29, 0.717) is 13.1 Å². The van der Waals surface area contributed by atoms with Crippen LogP contribution in [0.2, 0.25) is 0 Å². The Balaban J connectivity index is 2.71. The van der Waals surface area contributed by atoms with Gasteiger partial charge in [-0.3, -0.25) is 9.69 Å². The summed E-state index contributed by atoms with van der Waals surface area (Å²) in [6.07, 6.45) is -0.907. The first kappa shape index (κ1) is 13.8. The number of piperazine rings is 1. The molecule has 98 valence electrons. The second kappa shape index (κ2) is 5.35. The van der Waals surface area contributed by atoms with Crippen molar-refractivity contribution in [2.45, 2.75) is 38.9 Å². The van der Waals surface area contributed by atoms with Gasteiger partial charge in [0.1, 0.15) is 6.04 Å². The highest BCUT2D eigenvalue weighted by Gasteiger charge is 2.36. The summed E-state index contributed by atoms with van der Waals surface area (Å²) in [7, 11) is 1.36. The third-order valence-corrected chi connectivity index (χ3v) is 3.26. The molecule has 0 spiro atoms. The Morgan fingerprint density at radius 2 is 1.76 bits per heavy atom. The van der Waals surface area contributed by atoms with Gasteiger partial charge >= 0.3 is 12.1 Å². The van der Waals surface area contributed by atoms with Gasteiger partial charge in [0.05, 0.1) is 7.11 Å². The molecule has 1 fully saturated rings. The number of hydrogen-bond donors (Lipinski definition) is 1. The monoisotopic (exact) mass is 244 g/mol. The molecule has 0 saturated carbocycles. The average molecular weight is 244 g/mol. The molecule has 1 rings (SSSR count). The van der Waals surface area contributed by atoms with Crippen LogP contribution in [-0.2, 0) is 9.53 Å². The van der Waals surface area contributed by atoms with Crippen LogP contribution in [0.15, 0.2) is 0 Å². The van der Waals surface area contributed by atoms with Crippen molar-refractivity contribution in [2.75, 3.05) is 20.2 Å². The van der Waals surface area contributed by atoms with Gasteiger partial charge in [0, 0.05) is 25.2 Å². The minimum atomic E-state index is -0.907. The topological polar surface area (TPSA) is 70.1 Å².